The van der Waals surface area contributed by atoms with Crippen LogP contribution in [-0.4, -0.2) is 37.1 Å². The Hall–Kier alpha value is -0.0800. The summed E-state index contributed by atoms with van der Waals surface area (Å²) >= 11 is 0. The molecule has 2 atom stereocenters. The molecule has 1 saturated heterocycles. The number of hydrogen-bond donors (Lipinski definition) is 1. The number of hydrogen-bond acceptors (Lipinski definition) is 2. The van der Waals surface area contributed by atoms with Gasteiger partial charge in [-0.3, -0.25) is 4.90 Å². The van der Waals surface area contributed by atoms with Gasteiger partial charge in [0.2, 0.25) is 0 Å². The van der Waals surface area contributed by atoms with Gasteiger partial charge in [0, 0.05) is 12.6 Å². The van der Waals surface area contributed by atoms with Gasteiger partial charge in [0.15, 0.2) is 0 Å². The standard InChI is InChI=1S/C16H34N2/c1-13(2)6-8-18(9-7-14(3)4)16-10-15(5)11-17-12-16/h13-17H,6-12H2,1-5H3. The maximum atomic E-state index is 3.60. The van der Waals surface area contributed by atoms with E-state index in [9.17, 15) is 0 Å². The predicted molar refractivity (Wildman–Crippen MR) is 80.9 cm³/mol. The molecule has 0 aromatic rings. The molecule has 2 unspecified atom stereocenters. The Labute approximate surface area is 115 Å². The topological polar surface area (TPSA) is 15.3 Å². The SMILES string of the molecule is CC(C)CCN(CCC(C)C)C1CNCC(C)C1. The van der Waals surface area contributed by atoms with Crippen molar-refractivity contribution in [3.8, 4) is 0 Å². The van der Waals surface area contributed by atoms with Gasteiger partial charge in [0.1, 0.15) is 0 Å². The summed E-state index contributed by atoms with van der Waals surface area (Å²) in [4.78, 5) is 2.75. The molecule has 108 valence electrons. The van der Waals surface area contributed by atoms with Gasteiger partial charge in [0.25, 0.3) is 0 Å². The number of piperidine rings is 1. The van der Waals surface area contributed by atoms with E-state index >= 15 is 0 Å². The highest BCUT2D eigenvalue weighted by molar-refractivity contribution is 4.82. The van der Waals surface area contributed by atoms with E-state index in [-0.39, 0.29) is 0 Å². The number of nitrogens with one attached hydrogen (secondary N) is 1. The fourth-order valence-electron chi connectivity index (χ4n) is 2.73. The second-order valence-corrected chi connectivity index (χ2v) is 7.05. The van der Waals surface area contributed by atoms with Gasteiger partial charge in [-0.15, -0.1) is 0 Å². The molecule has 0 spiro atoms. The van der Waals surface area contributed by atoms with Crippen LogP contribution in [0.5, 0.6) is 0 Å². The van der Waals surface area contributed by atoms with Crippen LogP contribution in [0.4, 0.5) is 0 Å². The fraction of sp³-hybridized carbons (Fsp3) is 1.00. The first kappa shape index (κ1) is 16.0. The average molecular weight is 254 g/mol. The summed E-state index contributed by atoms with van der Waals surface area (Å²) in [5.41, 5.74) is 0. The van der Waals surface area contributed by atoms with Gasteiger partial charge in [-0.1, -0.05) is 34.6 Å². The highest BCUT2D eigenvalue weighted by Crippen LogP contribution is 2.18. The Morgan fingerprint density at radius 1 is 1.00 bits per heavy atom. The van der Waals surface area contributed by atoms with Gasteiger partial charge < -0.3 is 5.32 Å². The van der Waals surface area contributed by atoms with E-state index in [0.29, 0.717) is 0 Å². The van der Waals surface area contributed by atoms with E-state index in [1.54, 1.807) is 0 Å². The van der Waals surface area contributed by atoms with Gasteiger partial charge in [-0.2, -0.15) is 0 Å². The molecule has 1 fully saturated rings. The molecule has 1 N–H and O–H groups in total. The first-order valence-electron chi connectivity index (χ1n) is 7.93. The van der Waals surface area contributed by atoms with E-state index in [0.717, 1.165) is 23.8 Å². The van der Waals surface area contributed by atoms with Gasteiger partial charge in [-0.05, 0) is 56.7 Å². The molecule has 0 aromatic carbocycles. The molecule has 1 heterocycles. The van der Waals surface area contributed by atoms with Gasteiger partial charge >= 0.3 is 0 Å². The first-order valence-corrected chi connectivity index (χ1v) is 7.93. The van der Waals surface area contributed by atoms with E-state index in [1.807, 2.05) is 0 Å². The lowest BCUT2D eigenvalue weighted by atomic mass is 9.95. The molecule has 0 saturated carbocycles. The molecule has 0 aromatic heterocycles. The Morgan fingerprint density at radius 3 is 2.00 bits per heavy atom. The monoisotopic (exact) mass is 254 g/mol. The predicted octanol–water partition coefficient (Wildman–Crippen LogP) is 3.38. The highest BCUT2D eigenvalue weighted by Gasteiger charge is 2.24. The zero-order valence-corrected chi connectivity index (χ0v) is 13.2. The Kier molecular flexibility index (Phi) is 7.25. The normalized spacial score (nSPS) is 25.3. The van der Waals surface area contributed by atoms with Crippen LogP contribution in [0.1, 0.15) is 53.9 Å². The van der Waals surface area contributed by atoms with Gasteiger partial charge in [-0.25, -0.2) is 0 Å². The Morgan fingerprint density at radius 2 is 1.56 bits per heavy atom. The first-order chi connectivity index (χ1) is 8.49. The molecule has 1 aliphatic heterocycles. The van der Waals surface area contributed by atoms with E-state index in [4.69, 9.17) is 0 Å². The summed E-state index contributed by atoms with van der Waals surface area (Å²) in [6.07, 6.45) is 4.05. The van der Waals surface area contributed by atoms with Crippen molar-refractivity contribution in [2.75, 3.05) is 26.2 Å². The maximum absolute atomic E-state index is 3.60. The minimum atomic E-state index is 0.770. The molecule has 2 heteroatoms. The van der Waals surface area contributed by atoms with Crippen LogP contribution in [0.3, 0.4) is 0 Å². The van der Waals surface area contributed by atoms with Gasteiger partial charge in [0.05, 0.1) is 0 Å². The second kappa shape index (κ2) is 8.16. The van der Waals surface area contributed by atoms with Crippen LogP contribution >= 0.6 is 0 Å². The third kappa shape index (κ3) is 6.19. The van der Waals surface area contributed by atoms with Crippen molar-refractivity contribution in [1.82, 2.24) is 10.2 Å². The van der Waals surface area contributed by atoms with Crippen LogP contribution in [0.2, 0.25) is 0 Å². The molecule has 0 bridgehead atoms. The lowest BCUT2D eigenvalue weighted by Crippen LogP contribution is -2.49. The average Bonchev–Trinajstić information content (AvgIpc) is 2.28. The van der Waals surface area contributed by atoms with Crippen LogP contribution in [0.25, 0.3) is 0 Å². The highest BCUT2D eigenvalue weighted by atomic mass is 15.2. The zero-order valence-electron chi connectivity index (χ0n) is 13.2. The summed E-state index contributed by atoms with van der Waals surface area (Å²) in [5.74, 6) is 2.48. The number of nitrogens with zero attached hydrogens (tertiary/aromatic N) is 1. The van der Waals surface area contributed by atoms with Crippen LogP contribution in [0, 0.1) is 17.8 Å². The summed E-state index contributed by atoms with van der Waals surface area (Å²) in [6.45, 7) is 16.7. The molecule has 1 aliphatic rings. The fourth-order valence-corrected chi connectivity index (χ4v) is 2.73. The van der Waals surface area contributed by atoms with Crippen molar-refractivity contribution >= 4 is 0 Å². The Balaban J connectivity index is 2.46. The summed E-state index contributed by atoms with van der Waals surface area (Å²) in [7, 11) is 0. The largest absolute Gasteiger partial charge is 0.315 e. The third-order valence-corrected chi connectivity index (χ3v) is 4.05. The summed E-state index contributed by atoms with van der Waals surface area (Å²) < 4.78 is 0. The minimum absolute atomic E-state index is 0.770. The third-order valence-electron chi connectivity index (χ3n) is 4.05. The molecule has 2 nitrogen and oxygen atoms in total. The number of rotatable bonds is 7. The molecule has 0 radical (unpaired) electrons. The van der Waals surface area contributed by atoms with E-state index in [1.165, 1.54) is 45.4 Å². The van der Waals surface area contributed by atoms with E-state index < -0.39 is 0 Å². The summed E-state index contributed by atoms with van der Waals surface area (Å²) in [5, 5.41) is 3.60. The maximum Gasteiger partial charge on any atom is 0.0223 e. The van der Waals surface area contributed by atoms with Crippen LogP contribution in [-0.2, 0) is 0 Å². The molecular weight excluding hydrogens is 220 g/mol. The van der Waals surface area contributed by atoms with Crippen molar-refractivity contribution in [3.05, 3.63) is 0 Å². The van der Waals surface area contributed by atoms with E-state index in [2.05, 4.69) is 44.8 Å². The van der Waals surface area contributed by atoms with Crippen molar-refractivity contribution in [2.45, 2.75) is 59.9 Å². The zero-order chi connectivity index (χ0) is 13.5. The minimum Gasteiger partial charge on any atom is -0.315 e. The smallest absolute Gasteiger partial charge is 0.0223 e. The summed E-state index contributed by atoms with van der Waals surface area (Å²) in [6, 6.07) is 0.770. The lowest BCUT2D eigenvalue weighted by Gasteiger charge is -2.37. The van der Waals surface area contributed by atoms with Crippen molar-refractivity contribution < 1.29 is 0 Å². The van der Waals surface area contributed by atoms with Crippen molar-refractivity contribution in [2.24, 2.45) is 17.8 Å². The van der Waals surface area contributed by atoms with Crippen molar-refractivity contribution in [3.63, 3.8) is 0 Å². The molecule has 18 heavy (non-hydrogen) atoms. The van der Waals surface area contributed by atoms with Crippen LogP contribution in [0.15, 0.2) is 0 Å². The molecule has 0 aliphatic carbocycles. The molecule has 1 rings (SSSR count). The quantitative estimate of drug-likeness (QED) is 0.749. The molecule has 0 amide bonds. The lowest BCUT2D eigenvalue weighted by molar-refractivity contribution is 0.133. The second-order valence-electron chi connectivity index (χ2n) is 7.05. The van der Waals surface area contributed by atoms with Crippen LogP contribution < -0.4 is 5.32 Å². The molecular formula is C16H34N2. The van der Waals surface area contributed by atoms with Crippen molar-refractivity contribution in [1.29, 1.82) is 0 Å². The Bertz CT molecular complexity index is 201.